The fraction of sp³-hybridized carbons (Fsp3) is 0.368. The number of benzene rings is 1. The van der Waals surface area contributed by atoms with Gasteiger partial charge in [0.05, 0.1) is 6.54 Å². The molecule has 0 saturated carbocycles. The molecule has 128 valence electrons. The summed E-state index contributed by atoms with van der Waals surface area (Å²) in [4.78, 5) is 14.3. The van der Waals surface area contributed by atoms with Gasteiger partial charge in [0.15, 0.2) is 12.5 Å². The Hall–Kier alpha value is -2.76. The fourth-order valence-electron chi connectivity index (χ4n) is 3.99. The lowest BCUT2D eigenvalue weighted by Gasteiger charge is -2.30. The molecule has 0 fully saturated rings. The van der Waals surface area contributed by atoms with Crippen LogP contribution in [0.25, 0.3) is 11.0 Å². The number of rotatable bonds is 1. The summed E-state index contributed by atoms with van der Waals surface area (Å²) in [6.07, 6.45) is 2.75. The van der Waals surface area contributed by atoms with Crippen molar-refractivity contribution in [2.75, 3.05) is 11.6 Å². The van der Waals surface area contributed by atoms with E-state index >= 15 is 0 Å². The molecule has 0 spiro atoms. The van der Waals surface area contributed by atoms with Crippen LogP contribution in [0, 0.1) is 13.8 Å². The summed E-state index contributed by atoms with van der Waals surface area (Å²) in [6, 6.07) is 4.02. The molecule has 1 aromatic carbocycles. The minimum Gasteiger partial charge on any atom is -0.472 e. The maximum absolute atomic E-state index is 12.3. The molecule has 2 aromatic heterocycles. The first-order valence-corrected chi connectivity index (χ1v) is 8.54. The molecule has 5 rings (SSSR count). The highest BCUT2D eigenvalue weighted by atomic mass is 16.5. The van der Waals surface area contributed by atoms with Crippen molar-refractivity contribution in [1.29, 1.82) is 0 Å². The van der Waals surface area contributed by atoms with Crippen LogP contribution in [-0.2, 0) is 19.4 Å². The number of hydrogen-bond donors (Lipinski definition) is 0. The van der Waals surface area contributed by atoms with Crippen LogP contribution in [0.3, 0.4) is 0 Å². The Bertz CT molecular complexity index is 1060. The largest absolute Gasteiger partial charge is 0.472 e. The first-order chi connectivity index (χ1) is 12.1. The van der Waals surface area contributed by atoms with Crippen molar-refractivity contribution in [2.24, 2.45) is 0 Å². The number of ether oxygens (including phenoxy) is 1. The summed E-state index contributed by atoms with van der Waals surface area (Å²) in [6.45, 7) is 4.91. The lowest BCUT2D eigenvalue weighted by molar-refractivity contribution is 0.283. The fourth-order valence-corrected chi connectivity index (χ4v) is 3.99. The number of aromatic nitrogens is 1. The maximum atomic E-state index is 12.3. The van der Waals surface area contributed by atoms with E-state index in [2.05, 4.69) is 11.2 Å². The second-order valence-electron chi connectivity index (χ2n) is 6.83. The predicted octanol–water partition coefficient (Wildman–Crippen LogP) is 3.24. The number of fused-ring (bicyclic) bond motifs is 4. The van der Waals surface area contributed by atoms with Crippen molar-refractivity contribution < 1.29 is 13.7 Å². The standard InChI is InChI=1S/C19H18N2O4/c1-10-6-16(20-25-10)21-8-12-7-15-13-4-3-5-14(13)19(22)24-18(15)11(2)17(12)23-9-21/h6-7H,3-5,8-9H2,1-2H3. The summed E-state index contributed by atoms with van der Waals surface area (Å²) in [5.41, 5.74) is 4.43. The second kappa shape index (κ2) is 5.12. The van der Waals surface area contributed by atoms with Crippen LogP contribution in [0.2, 0.25) is 0 Å². The average Bonchev–Trinajstić information content (AvgIpc) is 3.25. The van der Waals surface area contributed by atoms with Gasteiger partial charge < -0.3 is 18.6 Å². The molecular formula is C19H18N2O4. The van der Waals surface area contributed by atoms with Crippen LogP contribution in [0.5, 0.6) is 5.75 Å². The van der Waals surface area contributed by atoms with Crippen LogP contribution in [0.15, 0.2) is 25.9 Å². The van der Waals surface area contributed by atoms with Gasteiger partial charge >= 0.3 is 5.63 Å². The van der Waals surface area contributed by atoms with Gasteiger partial charge in [-0.15, -0.1) is 0 Å². The van der Waals surface area contributed by atoms with Gasteiger partial charge in [-0.05, 0) is 44.7 Å². The van der Waals surface area contributed by atoms with E-state index in [4.69, 9.17) is 13.7 Å². The highest BCUT2D eigenvalue weighted by Gasteiger charge is 2.27. The highest BCUT2D eigenvalue weighted by molar-refractivity contribution is 5.87. The van der Waals surface area contributed by atoms with E-state index in [-0.39, 0.29) is 5.63 Å². The van der Waals surface area contributed by atoms with Crippen molar-refractivity contribution in [2.45, 2.75) is 39.7 Å². The number of aryl methyl sites for hydroxylation is 3. The molecule has 3 aromatic rings. The summed E-state index contributed by atoms with van der Waals surface area (Å²) in [7, 11) is 0. The topological polar surface area (TPSA) is 68.7 Å². The van der Waals surface area contributed by atoms with Gasteiger partial charge in [0.1, 0.15) is 17.1 Å². The first-order valence-electron chi connectivity index (χ1n) is 8.54. The normalized spacial score (nSPS) is 16.0. The van der Waals surface area contributed by atoms with Gasteiger partial charge in [-0.25, -0.2) is 4.79 Å². The van der Waals surface area contributed by atoms with Crippen LogP contribution < -0.4 is 15.3 Å². The molecule has 6 nitrogen and oxygen atoms in total. The van der Waals surface area contributed by atoms with E-state index in [1.165, 1.54) is 0 Å². The minimum atomic E-state index is -0.196. The summed E-state index contributed by atoms with van der Waals surface area (Å²) < 4.78 is 16.8. The van der Waals surface area contributed by atoms with Gasteiger partial charge in [-0.2, -0.15) is 0 Å². The minimum absolute atomic E-state index is 0.196. The molecule has 0 unspecified atom stereocenters. The zero-order valence-corrected chi connectivity index (χ0v) is 14.2. The third-order valence-corrected chi connectivity index (χ3v) is 5.19. The van der Waals surface area contributed by atoms with Gasteiger partial charge in [-0.1, -0.05) is 5.16 Å². The van der Waals surface area contributed by atoms with Crippen LogP contribution in [-0.4, -0.2) is 11.9 Å². The van der Waals surface area contributed by atoms with Gasteiger partial charge in [-0.3, -0.25) is 0 Å². The van der Waals surface area contributed by atoms with Crippen molar-refractivity contribution in [3.63, 3.8) is 0 Å². The van der Waals surface area contributed by atoms with E-state index in [0.29, 0.717) is 18.9 Å². The van der Waals surface area contributed by atoms with Crippen LogP contribution in [0.1, 0.15) is 34.4 Å². The summed E-state index contributed by atoms with van der Waals surface area (Å²) in [5, 5.41) is 5.12. The predicted molar refractivity (Wildman–Crippen MR) is 92.2 cm³/mol. The lowest BCUT2D eigenvalue weighted by atomic mass is 9.99. The zero-order chi connectivity index (χ0) is 17.1. The Kier molecular flexibility index (Phi) is 2.98. The van der Waals surface area contributed by atoms with E-state index < -0.39 is 0 Å². The third-order valence-electron chi connectivity index (χ3n) is 5.19. The molecule has 3 heterocycles. The Morgan fingerprint density at radius 3 is 2.80 bits per heavy atom. The Morgan fingerprint density at radius 1 is 1.16 bits per heavy atom. The van der Waals surface area contributed by atoms with Gasteiger partial charge in [0.2, 0.25) is 0 Å². The Labute approximate surface area is 144 Å². The van der Waals surface area contributed by atoms with Crippen molar-refractivity contribution in [3.05, 3.63) is 50.6 Å². The molecule has 2 aliphatic rings. The van der Waals surface area contributed by atoms with Crippen molar-refractivity contribution in [3.8, 4) is 5.75 Å². The monoisotopic (exact) mass is 338 g/mol. The second-order valence-corrected chi connectivity index (χ2v) is 6.83. The molecule has 0 radical (unpaired) electrons. The molecule has 0 amide bonds. The van der Waals surface area contributed by atoms with Gasteiger partial charge in [0, 0.05) is 28.1 Å². The lowest BCUT2D eigenvalue weighted by Crippen LogP contribution is -2.32. The smallest absolute Gasteiger partial charge is 0.339 e. The summed E-state index contributed by atoms with van der Waals surface area (Å²) >= 11 is 0. The molecular weight excluding hydrogens is 320 g/mol. The maximum Gasteiger partial charge on any atom is 0.339 e. The molecule has 0 bridgehead atoms. The first kappa shape index (κ1) is 14.6. The number of anilines is 1. The van der Waals surface area contributed by atoms with Crippen LogP contribution in [0.4, 0.5) is 5.82 Å². The molecule has 0 atom stereocenters. The zero-order valence-electron chi connectivity index (χ0n) is 14.2. The van der Waals surface area contributed by atoms with E-state index in [1.807, 2.05) is 24.8 Å². The average molecular weight is 338 g/mol. The molecule has 25 heavy (non-hydrogen) atoms. The molecule has 6 heteroatoms. The van der Waals surface area contributed by atoms with Gasteiger partial charge in [0.25, 0.3) is 0 Å². The molecule has 1 aliphatic heterocycles. The number of nitrogens with zero attached hydrogens (tertiary/aromatic N) is 2. The molecule has 0 N–H and O–H groups in total. The van der Waals surface area contributed by atoms with E-state index in [0.717, 1.165) is 64.2 Å². The van der Waals surface area contributed by atoms with E-state index in [9.17, 15) is 4.79 Å². The van der Waals surface area contributed by atoms with Crippen molar-refractivity contribution in [1.82, 2.24) is 5.16 Å². The highest BCUT2D eigenvalue weighted by Crippen LogP contribution is 2.38. The van der Waals surface area contributed by atoms with E-state index in [1.54, 1.807) is 0 Å². The Balaban J connectivity index is 1.67. The molecule has 1 aliphatic carbocycles. The number of hydrogen-bond acceptors (Lipinski definition) is 6. The van der Waals surface area contributed by atoms with Crippen LogP contribution >= 0.6 is 0 Å². The third kappa shape index (κ3) is 2.10. The Morgan fingerprint density at radius 2 is 2.00 bits per heavy atom. The summed E-state index contributed by atoms with van der Waals surface area (Å²) in [5.74, 6) is 2.35. The van der Waals surface area contributed by atoms with Crippen molar-refractivity contribution >= 4 is 16.8 Å². The quantitative estimate of drug-likeness (QED) is 0.635. The molecule has 0 saturated heterocycles. The SMILES string of the molecule is Cc1cc(N2COc3c(cc4c5c(c(=O)oc4c3C)CCC5)C2)no1.